The van der Waals surface area contributed by atoms with Crippen LogP contribution in [0, 0.1) is 0 Å². The van der Waals surface area contributed by atoms with Gasteiger partial charge in [0.05, 0.1) is 6.61 Å². The van der Waals surface area contributed by atoms with Crippen molar-refractivity contribution in [1.29, 1.82) is 0 Å². The van der Waals surface area contributed by atoms with Crippen LogP contribution in [0.5, 0.6) is 0 Å². The number of ether oxygens (including phenoxy) is 1. The fourth-order valence-corrected chi connectivity index (χ4v) is 0.780. The van der Waals surface area contributed by atoms with E-state index in [2.05, 4.69) is 15.4 Å². The average molecular weight is 243 g/mol. The summed E-state index contributed by atoms with van der Waals surface area (Å²) in [6, 6.07) is -0.242. The first kappa shape index (κ1) is 15.0. The van der Waals surface area contributed by atoms with Crippen LogP contribution in [0.25, 0.3) is 0 Å². The summed E-state index contributed by atoms with van der Waals surface area (Å²) >= 11 is 0. The lowest BCUT2D eigenvalue weighted by Gasteiger charge is -2.12. The molecule has 0 aromatic carbocycles. The lowest BCUT2D eigenvalue weighted by molar-refractivity contribution is -0.323. The van der Waals surface area contributed by atoms with Gasteiger partial charge in [0.25, 0.3) is 0 Å². The highest BCUT2D eigenvalue weighted by Gasteiger charge is 2.28. The van der Waals surface area contributed by atoms with E-state index in [0.29, 0.717) is 13.1 Å². The molecule has 0 saturated heterocycles. The maximum absolute atomic E-state index is 11.5. The smallest absolute Gasteiger partial charge is 0.337 e. The van der Waals surface area contributed by atoms with Gasteiger partial charge in [0.1, 0.15) is 0 Å². The molecular weight excluding hydrogens is 227 g/mol. The van der Waals surface area contributed by atoms with E-state index in [-0.39, 0.29) is 12.6 Å². The molecule has 0 radical (unpaired) electrons. The first-order valence-electron chi connectivity index (χ1n) is 4.69. The van der Waals surface area contributed by atoms with Crippen LogP contribution in [-0.2, 0) is 4.74 Å². The first-order valence-corrected chi connectivity index (χ1v) is 4.69. The van der Waals surface area contributed by atoms with Crippen molar-refractivity contribution in [3.63, 3.8) is 0 Å². The molecule has 0 rings (SSSR count). The number of nitrogens with one attached hydrogen (secondary N) is 2. The second-order valence-corrected chi connectivity index (χ2v) is 3.17. The summed E-state index contributed by atoms with van der Waals surface area (Å²) in [5.74, 6) is 0. The van der Waals surface area contributed by atoms with Crippen LogP contribution in [0.2, 0.25) is 0 Å². The molecule has 0 unspecified atom stereocenters. The standard InChI is InChI=1S/C8H16F3N3O2/c1-14(2)7(15)13-4-3-12-5-6-16-8(9,10)11/h12H,3-6H2,1-2H3,(H,13,15). The number of hydrogen-bond acceptors (Lipinski definition) is 3. The van der Waals surface area contributed by atoms with Gasteiger partial charge in [0.2, 0.25) is 0 Å². The van der Waals surface area contributed by atoms with Crippen molar-refractivity contribution in [3.05, 3.63) is 0 Å². The molecule has 96 valence electrons. The van der Waals surface area contributed by atoms with Crippen molar-refractivity contribution in [2.24, 2.45) is 0 Å². The molecule has 0 bridgehead atoms. The number of carbonyl (C=O) groups is 1. The molecule has 2 amide bonds. The third-order valence-electron chi connectivity index (χ3n) is 1.53. The molecule has 0 spiro atoms. The summed E-state index contributed by atoms with van der Waals surface area (Å²) in [6.45, 7) is 0.381. The number of nitrogens with zero attached hydrogens (tertiary/aromatic N) is 1. The predicted molar refractivity (Wildman–Crippen MR) is 52.0 cm³/mol. The molecule has 0 heterocycles. The van der Waals surface area contributed by atoms with Crippen LogP contribution in [0.3, 0.4) is 0 Å². The van der Waals surface area contributed by atoms with Crippen LogP contribution >= 0.6 is 0 Å². The minimum absolute atomic E-state index is 0.0807. The lowest BCUT2D eigenvalue weighted by atomic mass is 10.5. The van der Waals surface area contributed by atoms with Crippen molar-refractivity contribution < 1.29 is 22.7 Å². The molecule has 5 nitrogen and oxygen atoms in total. The minimum Gasteiger partial charge on any atom is -0.337 e. The van der Waals surface area contributed by atoms with Crippen molar-refractivity contribution in [2.75, 3.05) is 40.3 Å². The SMILES string of the molecule is CN(C)C(=O)NCCNCCOC(F)(F)F. The molecule has 0 saturated carbocycles. The van der Waals surface area contributed by atoms with E-state index in [1.165, 1.54) is 4.90 Å². The monoisotopic (exact) mass is 243 g/mol. The summed E-state index contributed by atoms with van der Waals surface area (Å²) in [4.78, 5) is 12.3. The molecule has 0 fully saturated rings. The summed E-state index contributed by atoms with van der Waals surface area (Å²) in [5, 5.41) is 5.24. The zero-order valence-corrected chi connectivity index (χ0v) is 9.23. The fourth-order valence-electron chi connectivity index (χ4n) is 0.780. The Hall–Kier alpha value is -1.02. The van der Waals surface area contributed by atoms with Crippen LogP contribution in [0.15, 0.2) is 0 Å². The highest BCUT2D eigenvalue weighted by atomic mass is 19.4. The van der Waals surface area contributed by atoms with Crippen molar-refractivity contribution in [2.45, 2.75) is 6.36 Å². The van der Waals surface area contributed by atoms with Crippen LogP contribution < -0.4 is 10.6 Å². The van der Waals surface area contributed by atoms with E-state index in [9.17, 15) is 18.0 Å². The van der Waals surface area contributed by atoms with Gasteiger partial charge in [-0.2, -0.15) is 0 Å². The Kier molecular flexibility index (Phi) is 6.82. The summed E-state index contributed by atoms with van der Waals surface area (Å²) < 4.78 is 38.1. The van der Waals surface area contributed by atoms with Gasteiger partial charge in [0.15, 0.2) is 0 Å². The number of carbonyl (C=O) groups excluding carboxylic acids is 1. The van der Waals surface area contributed by atoms with E-state index in [0.717, 1.165) is 0 Å². The average Bonchev–Trinajstić information content (AvgIpc) is 2.14. The van der Waals surface area contributed by atoms with Crippen molar-refractivity contribution in [1.82, 2.24) is 15.5 Å². The highest BCUT2D eigenvalue weighted by molar-refractivity contribution is 5.73. The third kappa shape index (κ3) is 9.53. The van der Waals surface area contributed by atoms with Gasteiger partial charge in [0, 0.05) is 33.7 Å². The maximum atomic E-state index is 11.5. The van der Waals surface area contributed by atoms with Gasteiger partial charge in [-0.3, -0.25) is 4.74 Å². The molecule has 2 N–H and O–H groups in total. The zero-order chi connectivity index (χ0) is 12.6. The molecule has 0 aliphatic heterocycles. The van der Waals surface area contributed by atoms with E-state index < -0.39 is 13.0 Å². The Morgan fingerprint density at radius 3 is 2.38 bits per heavy atom. The van der Waals surface area contributed by atoms with Gasteiger partial charge in [-0.05, 0) is 0 Å². The van der Waals surface area contributed by atoms with E-state index in [1.807, 2.05) is 0 Å². The fraction of sp³-hybridized carbons (Fsp3) is 0.875. The summed E-state index contributed by atoms with van der Waals surface area (Å²) in [6.07, 6.45) is -4.58. The van der Waals surface area contributed by atoms with Gasteiger partial charge in [-0.25, -0.2) is 4.79 Å². The van der Waals surface area contributed by atoms with Crippen molar-refractivity contribution >= 4 is 6.03 Å². The Morgan fingerprint density at radius 2 is 1.88 bits per heavy atom. The maximum Gasteiger partial charge on any atom is 0.522 e. The second kappa shape index (κ2) is 7.29. The zero-order valence-electron chi connectivity index (χ0n) is 9.23. The van der Waals surface area contributed by atoms with Crippen molar-refractivity contribution in [3.8, 4) is 0 Å². The van der Waals surface area contributed by atoms with Gasteiger partial charge in [-0.1, -0.05) is 0 Å². The Bertz CT molecular complexity index is 209. The molecule has 8 heteroatoms. The highest BCUT2D eigenvalue weighted by Crippen LogP contribution is 2.14. The first-order chi connectivity index (χ1) is 7.33. The topological polar surface area (TPSA) is 53.6 Å². The normalized spacial score (nSPS) is 11.3. The number of halogens is 3. The number of urea groups is 1. The minimum atomic E-state index is -4.58. The molecular formula is C8H16F3N3O2. The Balaban J connectivity index is 3.26. The largest absolute Gasteiger partial charge is 0.522 e. The summed E-state index contributed by atoms with van der Waals surface area (Å²) in [5.41, 5.74) is 0. The molecule has 0 atom stereocenters. The van der Waals surface area contributed by atoms with Gasteiger partial charge < -0.3 is 15.5 Å². The lowest BCUT2D eigenvalue weighted by Crippen LogP contribution is -2.39. The molecule has 0 aliphatic rings. The number of rotatable bonds is 6. The number of alkyl halides is 3. The Labute approximate surface area is 91.9 Å². The van der Waals surface area contributed by atoms with E-state index in [1.54, 1.807) is 14.1 Å². The van der Waals surface area contributed by atoms with E-state index >= 15 is 0 Å². The van der Waals surface area contributed by atoms with Gasteiger partial charge in [-0.15, -0.1) is 13.2 Å². The Morgan fingerprint density at radius 1 is 1.25 bits per heavy atom. The van der Waals surface area contributed by atoms with Gasteiger partial charge >= 0.3 is 12.4 Å². The van der Waals surface area contributed by atoms with Crippen LogP contribution in [0.1, 0.15) is 0 Å². The van der Waals surface area contributed by atoms with Crippen LogP contribution in [0.4, 0.5) is 18.0 Å². The molecule has 16 heavy (non-hydrogen) atoms. The van der Waals surface area contributed by atoms with E-state index in [4.69, 9.17) is 0 Å². The number of amides is 2. The molecule has 0 aromatic rings. The number of hydrogen-bond donors (Lipinski definition) is 2. The third-order valence-corrected chi connectivity index (χ3v) is 1.53. The quantitative estimate of drug-likeness (QED) is 0.663. The predicted octanol–water partition coefficient (Wildman–Crippen LogP) is 0.384. The molecule has 0 aliphatic carbocycles. The van der Waals surface area contributed by atoms with Crippen LogP contribution in [-0.4, -0.2) is 57.6 Å². The summed E-state index contributed by atoms with van der Waals surface area (Å²) in [7, 11) is 3.19. The second-order valence-electron chi connectivity index (χ2n) is 3.17. The molecule has 0 aromatic heterocycles.